The predicted molar refractivity (Wildman–Crippen MR) is 52.8 cm³/mol. The summed E-state index contributed by atoms with van der Waals surface area (Å²) in [5.74, 6) is 0. The molecule has 0 radical (unpaired) electrons. The normalized spacial score (nSPS) is 11.5. The zero-order valence-electron chi connectivity index (χ0n) is 7.77. The van der Waals surface area contributed by atoms with Gasteiger partial charge in [-0.05, 0) is 24.5 Å². The average Bonchev–Trinajstić information content (AvgIpc) is 2.15. The largest absolute Gasteiger partial charge is 0.416 e. The Morgan fingerprint density at radius 3 is 2.36 bits per heavy atom. The first-order chi connectivity index (χ1) is 6.49. The molecule has 1 rings (SSSR count). The maximum atomic E-state index is 12.3. The van der Waals surface area contributed by atoms with Gasteiger partial charge in [-0.1, -0.05) is 0 Å². The number of hydrogen-bond donors (Lipinski definition) is 1. The van der Waals surface area contributed by atoms with Crippen LogP contribution in [0.15, 0.2) is 23.1 Å². The van der Waals surface area contributed by atoms with Crippen molar-refractivity contribution in [3.63, 3.8) is 0 Å². The summed E-state index contributed by atoms with van der Waals surface area (Å²) >= 11 is 1.41. The van der Waals surface area contributed by atoms with Gasteiger partial charge in [0.1, 0.15) is 0 Å². The van der Waals surface area contributed by atoms with Crippen LogP contribution in [0.3, 0.4) is 0 Å². The van der Waals surface area contributed by atoms with E-state index in [0.717, 1.165) is 17.0 Å². The van der Waals surface area contributed by atoms with Crippen LogP contribution in [0.5, 0.6) is 0 Å². The summed E-state index contributed by atoms with van der Waals surface area (Å²) in [6.07, 6.45) is -2.45. The van der Waals surface area contributed by atoms with Gasteiger partial charge in [-0.2, -0.15) is 13.2 Å². The summed E-state index contributed by atoms with van der Waals surface area (Å²) in [4.78, 5) is 0.806. The fraction of sp³-hybridized carbons (Fsp3) is 0.333. The van der Waals surface area contributed by atoms with Crippen molar-refractivity contribution in [2.24, 2.45) is 0 Å². The van der Waals surface area contributed by atoms with Crippen LogP contribution in [0.1, 0.15) is 5.56 Å². The van der Waals surface area contributed by atoms with Crippen molar-refractivity contribution < 1.29 is 13.2 Å². The number of nitrogens with one attached hydrogen (secondary N) is 1. The van der Waals surface area contributed by atoms with E-state index < -0.39 is 11.7 Å². The summed E-state index contributed by atoms with van der Waals surface area (Å²) in [6.45, 7) is 0. The Bertz CT molecular complexity index is 322. The molecule has 0 spiro atoms. The maximum absolute atomic E-state index is 12.3. The molecule has 1 aromatic rings. The molecule has 1 N–H and O–H groups in total. The van der Waals surface area contributed by atoms with E-state index in [1.807, 2.05) is 6.26 Å². The van der Waals surface area contributed by atoms with Crippen LogP contribution >= 0.6 is 11.8 Å². The fourth-order valence-corrected chi connectivity index (χ4v) is 1.66. The minimum absolute atomic E-state index is 0.507. The highest BCUT2D eigenvalue weighted by molar-refractivity contribution is 7.98. The molecule has 0 bridgehead atoms. The Balaban J connectivity index is 3.14. The third-order valence-corrected chi connectivity index (χ3v) is 2.59. The third-order valence-electron chi connectivity index (χ3n) is 1.80. The van der Waals surface area contributed by atoms with Crippen molar-refractivity contribution >= 4 is 17.4 Å². The lowest BCUT2D eigenvalue weighted by Crippen LogP contribution is -2.05. The molecule has 0 aliphatic carbocycles. The minimum Gasteiger partial charge on any atom is -0.387 e. The molecule has 78 valence electrons. The highest BCUT2D eigenvalue weighted by Gasteiger charge is 2.30. The van der Waals surface area contributed by atoms with Gasteiger partial charge in [-0.25, -0.2) is 0 Å². The Kier molecular flexibility index (Phi) is 3.31. The van der Waals surface area contributed by atoms with Crippen LogP contribution in [-0.2, 0) is 6.18 Å². The summed E-state index contributed by atoms with van der Waals surface area (Å²) in [6, 6.07) is 3.68. The Hall–Kier alpha value is -0.840. The second-order valence-corrected chi connectivity index (χ2v) is 3.51. The van der Waals surface area contributed by atoms with Crippen LogP contribution in [0.4, 0.5) is 18.9 Å². The molecule has 1 aromatic carbocycles. The number of hydrogen-bond acceptors (Lipinski definition) is 2. The molecule has 0 atom stereocenters. The smallest absolute Gasteiger partial charge is 0.387 e. The SMILES string of the molecule is CNc1cc(C(F)(F)F)ccc1SC. The van der Waals surface area contributed by atoms with Crippen LogP contribution < -0.4 is 5.32 Å². The van der Waals surface area contributed by atoms with E-state index in [-0.39, 0.29) is 0 Å². The van der Waals surface area contributed by atoms with Crippen LogP contribution in [0, 0.1) is 0 Å². The summed E-state index contributed by atoms with van der Waals surface area (Å²) in [5.41, 5.74) is -0.119. The molecule has 0 aromatic heterocycles. The van der Waals surface area contributed by atoms with Crippen LogP contribution in [0.25, 0.3) is 0 Å². The second kappa shape index (κ2) is 4.13. The van der Waals surface area contributed by atoms with E-state index in [9.17, 15) is 13.2 Å². The number of alkyl halides is 3. The highest BCUT2D eigenvalue weighted by Crippen LogP contribution is 2.34. The Labute approximate surface area is 84.7 Å². The first-order valence-corrected chi connectivity index (χ1v) is 5.14. The van der Waals surface area contributed by atoms with Gasteiger partial charge in [0.2, 0.25) is 0 Å². The lowest BCUT2D eigenvalue weighted by Gasteiger charge is -2.11. The van der Waals surface area contributed by atoms with Crippen molar-refractivity contribution in [3.05, 3.63) is 23.8 Å². The molecule has 0 aliphatic rings. The lowest BCUT2D eigenvalue weighted by atomic mass is 10.2. The molecule has 0 fully saturated rings. The summed E-state index contributed by atoms with van der Waals surface area (Å²) in [5, 5.41) is 2.74. The van der Waals surface area contributed by atoms with Crippen LogP contribution in [-0.4, -0.2) is 13.3 Å². The topological polar surface area (TPSA) is 12.0 Å². The minimum atomic E-state index is -4.28. The van der Waals surface area contributed by atoms with Gasteiger partial charge in [-0.15, -0.1) is 11.8 Å². The predicted octanol–water partition coefficient (Wildman–Crippen LogP) is 3.47. The van der Waals surface area contributed by atoms with Gasteiger partial charge in [0.15, 0.2) is 0 Å². The van der Waals surface area contributed by atoms with Gasteiger partial charge in [0.05, 0.1) is 5.56 Å². The number of halogens is 3. The van der Waals surface area contributed by atoms with E-state index in [4.69, 9.17) is 0 Å². The van der Waals surface area contributed by atoms with E-state index in [2.05, 4.69) is 5.32 Å². The monoisotopic (exact) mass is 221 g/mol. The summed E-state index contributed by atoms with van der Waals surface area (Å²) in [7, 11) is 1.61. The number of rotatable bonds is 2. The second-order valence-electron chi connectivity index (χ2n) is 2.66. The quantitative estimate of drug-likeness (QED) is 0.767. The third kappa shape index (κ3) is 2.35. The fourth-order valence-electron chi connectivity index (χ4n) is 1.08. The van der Waals surface area contributed by atoms with Gasteiger partial charge in [0.25, 0.3) is 0 Å². The molecule has 0 saturated carbocycles. The van der Waals surface area contributed by atoms with E-state index >= 15 is 0 Å². The van der Waals surface area contributed by atoms with Crippen LogP contribution in [0.2, 0.25) is 0 Å². The molecule has 0 saturated heterocycles. The number of anilines is 1. The Morgan fingerprint density at radius 1 is 1.29 bits per heavy atom. The Morgan fingerprint density at radius 2 is 1.93 bits per heavy atom. The molecular weight excluding hydrogens is 211 g/mol. The van der Waals surface area contributed by atoms with Gasteiger partial charge >= 0.3 is 6.18 Å². The van der Waals surface area contributed by atoms with Crippen molar-refractivity contribution in [3.8, 4) is 0 Å². The molecule has 0 aliphatic heterocycles. The zero-order chi connectivity index (χ0) is 10.8. The lowest BCUT2D eigenvalue weighted by molar-refractivity contribution is -0.137. The number of thioether (sulfide) groups is 1. The van der Waals surface area contributed by atoms with E-state index in [1.54, 1.807) is 7.05 Å². The first-order valence-electron chi connectivity index (χ1n) is 3.92. The highest BCUT2D eigenvalue weighted by atomic mass is 32.2. The van der Waals surface area contributed by atoms with Gasteiger partial charge in [-0.3, -0.25) is 0 Å². The summed E-state index contributed by atoms with van der Waals surface area (Å²) < 4.78 is 36.9. The molecule has 0 amide bonds. The van der Waals surface area contributed by atoms with Crippen molar-refractivity contribution in [1.29, 1.82) is 0 Å². The molecule has 14 heavy (non-hydrogen) atoms. The van der Waals surface area contributed by atoms with Gasteiger partial charge in [0, 0.05) is 17.6 Å². The molecule has 0 heterocycles. The molecule has 5 heteroatoms. The molecular formula is C9H10F3NS. The molecule has 1 nitrogen and oxygen atoms in total. The standard InChI is InChI=1S/C9H10F3NS/c1-13-7-5-6(9(10,11)12)3-4-8(7)14-2/h3-5,13H,1-2H3. The maximum Gasteiger partial charge on any atom is 0.416 e. The first kappa shape index (κ1) is 11.2. The van der Waals surface area contributed by atoms with E-state index in [1.165, 1.54) is 17.8 Å². The van der Waals surface area contributed by atoms with Crippen molar-refractivity contribution in [2.75, 3.05) is 18.6 Å². The van der Waals surface area contributed by atoms with Gasteiger partial charge < -0.3 is 5.32 Å². The zero-order valence-corrected chi connectivity index (χ0v) is 8.59. The molecule has 0 unspecified atom stereocenters. The average molecular weight is 221 g/mol. The van der Waals surface area contributed by atoms with E-state index in [0.29, 0.717) is 5.69 Å². The number of benzene rings is 1. The van der Waals surface area contributed by atoms with Crippen molar-refractivity contribution in [2.45, 2.75) is 11.1 Å². The van der Waals surface area contributed by atoms with Crippen molar-refractivity contribution in [1.82, 2.24) is 0 Å².